The Morgan fingerprint density at radius 3 is 2.75 bits per heavy atom. The number of nitriles is 1. The van der Waals surface area contributed by atoms with Crippen molar-refractivity contribution in [1.29, 1.82) is 5.26 Å². The summed E-state index contributed by atoms with van der Waals surface area (Å²) in [5.74, 6) is -0.323. The van der Waals surface area contributed by atoms with Crippen molar-refractivity contribution in [3.05, 3.63) is 65.5 Å². The molecule has 0 bridgehead atoms. The van der Waals surface area contributed by atoms with E-state index in [1.54, 1.807) is 48.5 Å². The van der Waals surface area contributed by atoms with Gasteiger partial charge in [-0.25, -0.2) is 4.39 Å². The average molecular weight is 323 g/mol. The second-order valence-corrected chi connectivity index (χ2v) is 5.30. The Morgan fingerprint density at radius 2 is 2.04 bits per heavy atom. The molecule has 0 unspecified atom stereocenters. The minimum absolute atomic E-state index is 0.211. The fourth-order valence-electron chi connectivity index (χ4n) is 2.19. The number of benzene rings is 2. The zero-order valence-corrected chi connectivity index (χ0v) is 13.5. The number of unbranched alkanes of at least 4 members (excludes halogenated alkanes) is 1. The second-order valence-electron chi connectivity index (χ2n) is 5.30. The van der Waals surface area contributed by atoms with Crippen LogP contribution >= 0.6 is 0 Å². The highest BCUT2D eigenvalue weighted by molar-refractivity contribution is 5.90. The van der Waals surface area contributed by atoms with Gasteiger partial charge in [-0.2, -0.15) is 5.26 Å². The third-order valence-corrected chi connectivity index (χ3v) is 3.42. The molecule has 0 radical (unpaired) electrons. The normalized spacial score (nSPS) is 11.0. The van der Waals surface area contributed by atoms with Gasteiger partial charge in [0.15, 0.2) is 0 Å². The molecule has 0 fully saturated rings. The molecular weight excluding hydrogens is 305 g/mol. The van der Waals surface area contributed by atoms with E-state index in [2.05, 4.69) is 0 Å². The van der Waals surface area contributed by atoms with Crippen LogP contribution < -0.4 is 4.74 Å². The van der Waals surface area contributed by atoms with Crippen LogP contribution in [0.15, 0.2) is 48.5 Å². The third-order valence-electron chi connectivity index (χ3n) is 3.42. The summed E-state index contributed by atoms with van der Waals surface area (Å²) in [6.07, 6.45) is 3.65. The highest BCUT2D eigenvalue weighted by atomic mass is 19.1. The van der Waals surface area contributed by atoms with Gasteiger partial charge in [0.05, 0.1) is 11.6 Å². The molecular formula is C20H18FNO2. The van der Waals surface area contributed by atoms with E-state index in [1.807, 2.05) is 13.0 Å². The Morgan fingerprint density at radius 1 is 1.25 bits per heavy atom. The zero-order chi connectivity index (χ0) is 17.4. The molecule has 0 atom stereocenters. The molecule has 122 valence electrons. The topological polar surface area (TPSA) is 50.1 Å². The largest absolute Gasteiger partial charge is 0.427 e. The fraction of sp³-hybridized carbons (Fsp3) is 0.200. The summed E-state index contributed by atoms with van der Waals surface area (Å²) in [6.45, 7) is 2.00. The summed E-state index contributed by atoms with van der Waals surface area (Å²) >= 11 is 0. The molecule has 3 nitrogen and oxygen atoms in total. The van der Waals surface area contributed by atoms with Crippen LogP contribution in [-0.2, 0) is 4.79 Å². The predicted octanol–water partition coefficient (Wildman–Crippen LogP) is 4.99. The Bertz CT molecular complexity index is 790. The summed E-state index contributed by atoms with van der Waals surface area (Å²) in [6, 6.07) is 14.9. The molecule has 2 aromatic rings. The minimum atomic E-state index is -0.451. The quantitative estimate of drug-likeness (QED) is 0.326. The molecule has 0 heterocycles. The van der Waals surface area contributed by atoms with Crippen molar-refractivity contribution in [3.8, 4) is 11.8 Å². The summed E-state index contributed by atoms with van der Waals surface area (Å²) < 4.78 is 19.1. The Balaban J connectivity index is 2.23. The van der Waals surface area contributed by atoms with Crippen LogP contribution in [0, 0.1) is 17.1 Å². The molecule has 0 aliphatic heterocycles. The van der Waals surface area contributed by atoms with E-state index in [-0.39, 0.29) is 17.1 Å². The molecule has 0 N–H and O–H groups in total. The number of rotatable bonds is 6. The van der Waals surface area contributed by atoms with Crippen LogP contribution in [-0.4, -0.2) is 5.97 Å². The minimum Gasteiger partial charge on any atom is -0.427 e. The Kier molecular flexibility index (Phi) is 6.27. The van der Waals surface area contributed by atoms with Gasteiger partial charge < -0.3 is 4.74 Å². The first-order valence-electron chi connectivity index (χ1n) is 7.81. The van der Waals surface area contributed by atoms with Gasteiger partial charge in [0.2, 0.25) is 0 Å². The molecule has 0 amide bonds. The number of carbonyl (C=O) groups is 1. The number of esters is 1. The van der Waals surface area contributed by atoms with E-state index >= 15 is 0 Å². The van der Waals surface area contributed by atoms with Gasteiger partial charge in [-0.15, -0.1) is 0 Å². The Hall–Kier alpha value is -2.93. The highest BCUT2D eigenvalue weighted by Gasteiger charge is 2.08. The van der Waals surface area contributed by atoms with Gasteiger partial charge >= 0.3 is 5.97 Å². The average Bonchev–Trinajstić information content (AvgIpc) is 2.59. The number of halogens is 1. The number of nitrogens with zero attached hydrogens (tertiary/aromatic N) is 1. The predicted molar refractivity (Wildman–Crippen MR) is 91.5 cm³/mol. The van der Waals surface area contributed by atoms with Crippen LogP contribution in [0.3, 0.4) is 0 Å². The van der Waals surface area contributed by atoms with Gasteiger partial charge in [0.1, 0.15) is 11.6 Å². The summed E-state index contributed by atoms with van der Waals surface area (Å²) in [7, 11) is 0. The lowest BCUT2D eigenvalue weighted by atomic mass is 10.0. The van der Waals surface area contributed by atoms with Crippen LogP contribution in [0.5, 0.6) is 5.75 Å². The van der Waals surface area contributed by atoms with Gasteiger partial charge in [0.25, 0.3) is 0 Å². The lowest BCUT2D eigenvalue weighted by Gasteiger charge is -2.05. The first-order chi connectivity index (χ1) is 11.6. The van der Waals surface area contributed by atoms with Crippen LogP contribution in [0.1, 0.15) is 37.3 Å². The van der Waals surface area contributed by atoms with Crippen molar-refractivity contribution >= 4 is 17.6 Å². The maximum Gasteiger partial charge on any atom is 0.311 e. The number of carbonyl (C=O) groups excluding carboxylic acids is 1. The van der Waals surface area contributed by atoms with E-state index in [4.69, 9.17) is 4.74 Å². The summed E-state index contributed by atoms with van der Waals surface area (Å²) in [5, 5.41) is 9.31. The van der Waals surface area contributed by atoms with Gasteiger partial charge in [-0.1, -0.05) is 43.7 Å². The van der Waals surface area contributed by atoms with Crippen LogP contribution in [0.2, 0.25) is 0 Å². The van der Waals surface area contributed by atoms with Crippen LogP contribution in [0.25, 0.3) is 11.6 Å². The van der Waals surface area contributed by atoms with Gasteiger partial charge in [0, 0.05) is 12.0 Å². The number of allylic oxidation sites excluding steroid dienone is 1. The molecule has 2 rings (SSSR count). The number of hydrogen-bond acceptors (Lipinski definition) is 3. The van der Waals surface area contributed by atoms with Crippen molar-refractivity contribution < 1.29 is 13.9 Å². The molecule has 0 aliphatic carbocycles. The van der Waals surface area contributed by atoms with E-state index < -0.39 is 5.82 Å². The maximum absolute atomic E-state index is 13.8. The van der Waals surface area contributed by atoms with Crippen molar-refractivity contribution in [2.45, 2.75) is 26.2 Å². The molecule has 0 saturated heterocycles. The van der Waals surface area contributed by atoms with Crippen LogP contribution in [0.4, 0.5) is 4.39 Å². The monoisotopic (exact) mass is 323 g/mol. The molecule has 0 aliphatic rings. The first kappa shape index (κ1) is 17.4. The third kappa shape index (κ3) is 4.79. The molecule has 24 heavy (non-hydrogen) atoms. The number of hydrogen-bond donors (Lipinski definition) is 0. The van der Waals surface area contributed by atoms with E-state index in [0.717, 1.165) is 12.8 Å². The summed E-state index contributed by atoms with van der Waals surface area (Å²) in [5.41, 5.74) is 1.11. The Labute approximate surface area is 141 Å². The molecule has 2 aromatic carbocycles. The lowest BCUT2D eigenvalue weighted by Crippen LogP contribution is -2.07. The first-order valence-corrected chi connectivity index (χ1v) is 7.81. The van der Waals surface area contributed by atoms with Gasteiger partial charge in [-0.3, -0.25) is 4.79 Å². The maximum atomic E-state index is 13.8. The van der Waals surface area contributed by atoms with E-state index in [0.29, 0.717) is 17.7 Å². The van der Waals surface area contributed by atoms with Crippen molar-refractivity contribution in [2.24, 2.45) is 0 Å². The van der Waals surface area contributed by atoms with Crippen molar-refractivity contribution in [1.82, 2.24) is 0 Å². The molecule has 0 aromatic heterocycles. The SMILES string of the molecule is CCCCC(=O)Oc1cccc(/C=C(/C#N)c2ccccc2F)c1. The smallest absolute Gasteiger partial charge is 0.311 e. The number of ether oxygens (including phenoxy) is 1. The fourth-order valence-corrected chi connectivity index (χ4v) is 2.19. The van der Waals surface area contributed by atoms with Crippen molar-refractivity contribution in [3.63, 3.8) is 0 Å². The molecule has 4 heteroatoms. The van der Waals surface area contributed by atoms with E-state index in [9.17, 15) is 14.4 Å². The van der Waals surface area contributed by atoms with Gasteiger partial charge in [-0.05, 0) is 36.3 Å². The standard InChI is InChI=1S/C20H18FNO2/c1-2-3-11-20(23)24-17-8-6-7-15(13-17)12-16(14-22)18-9-4-5-10-19(18)21/h4-10,12-13H,2-3,11H2,1H3/b16-12-. The highest BCUT2D eigenvalue weighted by Crippen LogP contribution is 2.22. The zero-order valence-electron chi connectivity index (χ0n) is 13.5. The van der Waals surface area contributed by atoms with Crippen molar-refractivity contribution in [2.75, 3.05) is 0 Å². The lowest BCUT2D eigenvalue weighted by molar-refractivity contribution is -0.134. The molecule has 0 saturated carbocycles. The van der Waals surface area contributed by atoms with E-state index in [1.165, 1.54) is 6.07 Å². The molecule has 0 spiro atoms. The summed E-state index contributed by atoms with van der Waals surface area (Å²) in [4.78, 5) is 11.7. The second kappa shape index (κ2) is 8.64.